The zero-order chi connectivity index (χ0) is 9.07. The molecule has 12 heavy (non-hydrogen) atoms. The molecule has 0 fully saturated rings. The van der Waals surface area contributed by atoms with Crippen LogP contribution in [0.3, 0.4) is 0 Å². The van der Waals surface area contributed by atoms with E-state index in [1.54, 1.807) is 6.08 Å². The number of hydrogen-bond acceptors (Lipinski definition) is 2. The van der Waals surface area contributed by atoms with Crippen LogP contribution in [-0.4, -0.2) is 26.4 Å². The first-order valence-electron chi connectivity index (χ1n) is 4.47. The summed E-state index contributed by atoms with van der Waals surface area (Å²) in [6, 6.07) is 0. The second-order valence-electron chi connectivity index (χ2n) is 2.54. The van der Waals surface area contributed by atoms with Gasteiger partial charge < -0.3 is 9.47 Å². The summed E-state index contributed by atoms with van der Waals surface area (Å²) in [5.41, 5.74) is 0. The van der Waals surface area contributed by atoms with E-state index < -0.39 is 0 Å². The fourth-order valence-corrected chi connectivity index (χ4v) is 0.767. The predicted molar refractivity (Wildman–Crippen MR) is 51.0 cm³/mol. The van der Waals surface area contributed by atoms with Gasteiger partial charge in [-0.1, -0.05) is 25.8 Å². The monoisotopic (exact) mass is 171 g/mol. The summed E-state index contributed by atoms with van der Waals surface area (Å²) in [7, 11) is 0. The van der Waals surface area contributed by atoms with E-state index in [9.17, 15) is 0 Å². The van der Waals surface area contributed by atoms with Crippen molar-refractivity contribution in [2.45, 2.75) is 19.3 Å². The van der Waals surface area contributed by atoms with Gasteiger partial charge in [-0.3, -0.25) is 0 Å². The van der Waals surface area contributed by atoms with E-state index in [0.29, 0.717) is 19.8 Å². The summed E-state index contributed by atoms with van der Waals surface area (Å²) >= 11 is 0. The Kier molecular flexibility index (Phi) is 10.4. The van der Waals surface area contributed by atoms with Crippen LogP contribution in [0.5, 0.6) is 0 Å². The van der Waals surface area contributed by atoms with Crippen molar-refractivity contribution in [2.75, 3.05) is 26.4 Å². The number of ether oxygens (including phenoxy) is 2. The zero-order valence-electron chi connectivity index (χ0n) is 7.76. The van der Waals surface area contributed by atoms with Gasteiger partial charge in [0.05, 0.1) is 19.8 Å². The van der Waals surface area contributed by atoms with Gasteiger partial charge in [-0.2, -0.15) is 0 Å². The first-order chi connectivity index (χ1) is 5.91. The minimum absolute atomic E-state index is 0.613. The molecule has 0 spiro atoms. The molecule has 0 amide bonds. The Morgan fingerprint density at radius 3 is 2.42 bits per heavy atom. The maximum Gasteiger partial charge on any atom is 0.0704 e. The molecule has 2 nitrogen and oxygen atoms in total. The van der Waals surface area contributed by atoms with Crippen LogP contribution in [0.15, 0.2) is 12.7 Å². The minimum atomic E-state index is 0.613. The van der Waals surface area contributed by atoms with Crippen molar-refractivity contribution in [3.05, 3.63) is 19.6 Å². The molecule has 0 unspecified atom stereocenters. The van der Waals surface area contributed by atoms with E-state index in [4.69, 9.17) is 9.47 Å². The Morgan fingerprint density at radius 2 is 1.75 bits per heavy atom. The lowest BCUT2D eigenvalue weighted by atomic mass is 10.3. The third-order valence-electron chi connectivity index (χ3n) is 1.40. The molecule has 0 N–H and O–H groups in total. The van der Waals surface area contributed by atoms with Crippen molar-refractivity contribution in [1.29, 1.82) is 0 Å². The van der Waals surface area contributed by atoms with Gasteiger partial charge in [0, 0.05) is 6.61 Å². The molecule has 0 aromatic carbocycles. The van der Waals surface area contributed by atoms with Gasteiger partial charge in [-0.15, -0.1) is 6.58 Å². The molecule has 0 rings (SSSR count). The van der Waals surface area contributed by atoms with Crippen LogP contribution >= 0.6 is 0 Å². The molecule has 0 saturated heterocycles. The van der Waals surface area contributed by atoms with Crippen molar-refractivity contribution in [3.63, 3.8) is 0 Å². The number of rotatable bonds is 9. The molecule has 0 aliphatic rings. The number of unbranched alkanes of at least 4 members (excludes halogenated alkanes) is 2. The second-order valence-corrected chi connectivity index (χ2v) is 2.54. The molecule has 0 aromatic heterocycles. The maximum absolute atomic E-state index is 5.30. The average Bonchev–Trinajstić information content (AvgIpc) is 2.10. The van der Waals surface area contributed by atoms with Crippen molar-refractivity contribution in [1.82, 2.24) is 0 Å². The summed E-state index contributed by atoms with van der Waals surface area (Å²) in [6.45, 7) is 10.1. The van der Waals surface area contributed by atoms with Crippen LogP contribution in [0.25, 0.3) is 0 Å². The Bertz CT molecular complexity index is 91.8. The molecular weight excluding hydrogens is 152 g/mol. The summed E-state index contributed by atoms with van der Waals surface area (Å²) in [4.78, 5) is 0. The van der Waals surface area contributed by atoms with Crippen LogP contribution in [-0.2, 0) is 9.47 Å². The zero-order valence-corrected chi connectivity index (χ0v) is 7.76. The fraction of sp³-hybridized carbons (Fsp3) is 0.700. The van der Waals surface area contributed by atoms with Gasteiger partial charge in [0.15, 0.2) is 0 Å². The van der Waals surface area contributed by atoms with Gasteiger partial charge in [-0.05, 0) is 6.42 Å². The van der Waals surface area contributed by atoms with Gasteiger partial charge >= 0.3 is 0 Å². The van der Waals surface area contributed by atoms with Gasteiger partial charge in [0.1, 0.15) is 0 Å². The summed E-state index contributed by atoms with van der Waals surface area (Å²) in [5, 5.41) is 0. The molecule has 0 aromatic rings. The SMILES string of the molecule is [CH2]CCCCOCCOCC=C. The van der Waals surface area contributed by atoms with Gasteiger partial charge in [0.2, 0.25) is 0 Å². The highest BCUT2D eigenvalue weighted by Gasteiger charge is 1.88. The van der Waals surface area contributed by atoms with Crippen LogP contribution < -0.4 is 0 Å². The van der Waals surface area contributed by atoms with E-state index in [2.05, 4.69) is 13.5 Å². The summed E-state index contributed by atoms with van der Waals surface area (Å²) in [6.07, 6.45) is 4.98. The van der Waals surface area contributed by atoms with Crippen molar-refractivity contribution in [2.24, 2.45) is 0 Å². The molecule has 71 valence electrons. The molecule has 0 aliphatic heterocycles. The van der Waals surface area contributed by atoms with E-state index in [0.717, 1.165) is 25.9 Å². The standard InChI is InChI=1S/C10H19O2/c1-3-5-6-8-12-10-9-11-7-4-2/h4H,1-3,5-10H2. The minimum Gasteiger partial charge on any atom is -0.379 e. The largest absolute Gasteiger partial charge is 0.379 e. The Hall–Kier alpha value is -0.340. The number of hydrogen-bond donors (Lipinski definition) is 0. The topological polar surface area (TPSA) is 18.5 Å². The predicted octanol–water partition coefficient (Wildman–Crippen LogP) is 2.21. The molecule has 0 aliphatic carbocycles. The van der Waals surface area contributed by atoms with Crippen molar-refractivity contribution < 1.29 is 9.47 Å². The smallest absolute Gasteiger partial charge is 0.0704 e. The molecule has 0 heterocycles. The highest BCUT2D eigenvalue weighted by Crippen LogP contribution is 1.93. The molecule has 0 atom stereocenters. The normalized spacial score (nSPS) is 10.1. The van der Waals surface area contributed by atoms with Crippen molar-refractivity contribution >= 4 is 0 Å². The molecule has 2 heteroatoms. The van der Waals surface area contributed by atoms with E-state index in [1.165, 1.54) is 0 Å². The van der Waals surface area contributed by atoms with E-state index in [-0.39, 0.29) is 0 Å². The first-order valence-corrected chi connectivity index (χ1v) is 4.47. The van der Waals surface area contributed by atoms with Crippen LogP contribution in [0.2, 0.25) is 0 Å². The maximum atomic E-state index is 5.30. The Morgan fingerprint density at radius 1 is 1.00 bits per heavy atom. The quantitative estimate of drug-likeness (QED) is 0.391. The lowest BCUT2D eigenvalue weighted by Crippen LogP contribution is -2.05. The van der Waals surface area contributed by atoms with Crippen LogP contribution in [0.1, 0.15) is 19.3 Å². The molecule has 1 radical (unpaired) electrons. The molecule has 0 bridgehead atoms. The first kappa shape index (κ1) is 11.7. The molecular formula is C10H19O2. The van der Waals surface area contributed by atoms with Gasteiger partial charge in [-0.25, -0.2) is 0 Å². The summed E-state index contributed by atoms with van der Waals surface area (Å²) < 4.78 is 10.4. The fourth-order valence-electron chi connectivity index (χ4n) is 0.767. The highest BCUT2D eigenvalue weighted by atomic mass is 16.5. The Labute approximate surface area is 75.6 Å². The van der Waals surface area contributed by atoms with Crippen LogP contribution in [0.4, 0.5) is 0 Å². The third-order valence-corrected chi connectivity index (χ3v) is 1.40. The molecule has 0 saturated carbocycles. The van der Waals surface area contributed by atoms with E-state index in [1.807, 2.05) is 0 Å². The second kappa shape index (κ2) is 10.7. The lowest BCUT2D eigenvalue weighted by Gasteiger charge is -2.03. The van der Waals surface area contributed by atoms with Crippen LogP contribution in [0, 0.1) is 6.92 Å². The highest BCUT2D eigenvalue weighted by molar-refractivity contribution is 4.63. The van der Waals surface area contributed by atoms with Crippen molar-refractivity contribution in [3.8, 4) is 0 Å². The third kappa shape index (κ3) is 9.66. The van der Waals surface area contributed by atoms with E-state index >= 15 is 0 Å². The average molecular weight is 171 g/mol. The lowest BCUT2D eigenvalue weighted by molar-refractivity contribution is 0.0570. The Balaban J connectivity index is 2.77. The summed E-state index contributed by atoms with van der Waals surface area (Å²) in [5.74, 6) is 0. The van der Waals surface area contributed by atoms with Gasteiger partial charge in [0.25, 0.3) is 0 Å².